The van der Waals surface area contributed by atoms with Crippen molar-refractivity contribution in [2.45, 2.75) is 9.79 Å². The van der Waals surface area contributed by atoms with Gasteiger partial charge in [-0.3, -0.25) is 9.11 Å². The molecule has 174 valence electrons. The van der Waals surface area contributed by atoms with E-state index >= 15 is 0 Å². The van der Waals surface area contributed by atoms with E-state index in [9.17, 15) is 40.9 Å². The third-order valence-electron chi connectivity index (χ3n) is 4.95. The lowest BCUT2D eigenvalue weighted by molar-refractivity contribution is 0.0694. The van der Waals surface area contributed by atoms with Crippen LogP contribution in [0.3, 0.4) is 0 Å². The van der Waals surface area contributed by atoms with Crippen LogP contribution in [0.2, 0.25) is 0 Å². The van der Waals surface area contributed by atoms with Gasteiger partial charge in [0, 0.05) is 10.8 Å². The molecule has 4 aromatic carbocycles. The SMILES string of the molecule is O=C(O)c1cc2ccccc2c(N=Nc2ccc3ccc(S(=O)(=O)O)c(S(=O)(=O)O)c3c2)c1O. The summed E-state index contributed by atoms with van der Waals surface area (Å²) in [7, 11) is -10.1. The molecular weight excluding hydrogens is 488 g/mol. The number of carbonyl (C=O) groups is 1. The van der Waals surface area contributed by atoms with E-state index in [2.05, 4.69) is 10.2 Å². The van der Waals surface area contributed by atoms with E-state index in [0.717, 1.165) is 12.1 Å². The zero-order valence-electron chi connectivity index (χ0n) is 16.8. The lowest BCUT2D eigenvalue weighted by atomic mass is 10.0. The Kier molecular flexibility index (Phi) is 5.57. The number of phenols is 1. The Morgan fingerprint density at radius 2 is 1.44 bits per heavy atom. The van der Waals surface area contributed by atoms with Crippen LogP contribution in [0, 0.1) is 0 Å². The van der Waals surface area contributed by atoms with Crippen LogP contribution >= 0.6 is 0 Å². The monoisotopic (exact) mass is 502 g/mol. The number of hydrogen-bond acceptors (Lipinski definition) is 8. The summed E-state index contributed by atoms with van der Waals surface area (Å²) in [5.74, 6) is -2.02. The third-order valence-corrected chi connectivity index (χ3v) is 6.93. The van der Waals surface area contributed by atoms with Gasteiger partial charge >= 0.3 is 5.97 Å². The zero-order valence-corrected chi connectivity index (χ0v) is 18.4. The summed E-state index contributed by atoms with van der Waals surface area (Å²) in [4.78, 5) is 9.44. The van der Waals surface area contributed by atoms with Gasteiger partial charge in [-0.2, -0.15) is 21.9 Å². The van der Waals surface area contributed by atoms with Crippen LogP contribution < -0.4 is 0 Å². The first-order chi connectivity index (χ1) is 15.9. The van der Waals surface area contributed by atoms with Crippen LogP contribution in [0.4, 0.5) is 11.4 Å². The second-order valence-electron chi connectivity index (χ2n) is 7.10. The van der Waals surface area contributed by atoms with Crippen molar-refractivity contribution < 1.29 is 40.9 Å². The highest BCUT2D eigenvalue weighted by Gasteiger charge is 2.26. The predicted octanol–water partition coefficient (Wildman–Crippen LogP) is 4.31. The number of azo groups is 1. The largest absolute Gasteiger partial charge is 0.505 e. The fourth-order valence-electron chi connectivity index (χ4n) is 3.48. The molecule has 0 bridgehead atoms. The van der Waals surface area contributed by atoms with Gasteiger partial charge in [0.2, 0.25) is 0 Å². The van der Waals surface area contributed by atoms with E-state index in [0.29, 0.717) is 10.8 Å². The van der Waals surface area contributed by atoms with Gasteiger partial charge in [-0.1, -0.05) is 36.4 Å². The molecule has 0 aromatic heterocycles. The molecule has 0 aliphatic heterocycles. The lowest BCUT2D eigenvalue weighted by Gasteiger charge is -2.09. The molecule has 0 spiro atoms. The number of nitrogens with zero attached hydrogens (tertiary/aromatic N) is 2. The van der Waals surface area contributed by atoms with Gasteiger partial charge < -0.3 is 10.2 Å². The number of hydrogen-bond donors (Lipinski definition) is 4. The van der Waals surface area contributed by atoms with E-state index in [4.69, 9.17) is 0 Å². The average Bonchev–Trinajstić information content (AvgIpc) is 2.75. The second kappa shape index (κ2) is 8.14. The van der Waals surface area contributed by atoms with E-state index in [1.54, 1.807) is 24.3 Å². The van der Waals surface area contributed by atoms with Gasteiger partial charge in [0.05, 0.1) is 5.69 Å². The Hall–Kier alpha value is -3.91. The van der Waals surface area contributed by atoms with Gasteiger partial charge in [0.1, 0.15) is 21.0 Å². The Labute approximate surface area is 192 Å². The highest BCUT2D eigenvalue weighted by atomic mass is 32.2. The Balaban J connectivity index is 1.95. The molecular formula is C21H14N2O9S2. The molecule has 0 fully saturated rings. The first-order valence-corrected chi connectivity index (χ1v) is 12.2. The summed E-state index contributed by atoms with van der Waals surface area (Å²) in [5, 5.41) is 28.5. The number of aromatic carboxylic acids is 1. The van der Waals surface area contributed by atoms with Crippen LogP contribution in [0.5, 0.6) is 5.75 Å². The molecule has 13 heteroatoms. The molecule has 4 aromatic rings. The molecule has 0 unspecified atom stereocenters. The fraction of sp³-hybridized carbons (Fsp3) is 0. The van der Waals surface area contributed by atoms with E-state index in [-0.39, 0.29) is 22.1 Å². The van der Waals surface area contributed by atoms with Crippen molar-refractivity contribution in [3.8, 4) is 5.75 Å². The highest BCUT2D eigenvalue weighted by molar-refractivity contribution is 7.89. The van der Waals surface area contributed by atoms with Crippen molar-refractivity contribution in [1.82, 2.24) is 0 Å². The van der Waals surface area contributed by atoms with Crippen molar-refractivity contribution in [3.05, 3.63) is 66.2 Å². The summed E-state index contributed by atoms with van der Waals surface area (Å²) in [6, 6.07) is 13.7. The van der Waals surface area contributed by atoms with Crippen LogP contribution in [-0.2, 0) is 20.2 Å². The normalized spacial score (nSPS) is 12.5. The summed E-state index contributed by atoms with van der Waals surface area (Å²) < 4.78 is 66.2. The van der Waals surface area contributed by atoms with Gasteiger partial charge in [0.15, 0.2) is 5.75 Å². The maximum Gasteiger partial charge on any atom is 0.339 e. The quantitative estimate of drug-likeness (QED) is 0.227. The maximum absolute atomic E-state index is 11.9. The summed E-state index contributed by atoms with van der Waals surface area (Å²) in [5.41, 5.74) is -0.580. The molecule has 0 saturated carbocycles. The zero-order chi connectivity index (χ0) is 24.8. The smallest absolute Gasteiger partial charge is 0.339 e. The number of carboxylic acid groups (broad SMARTS) is 1. The first kappa shape index (κ1) is 23.3. The van der Waals surface area contributed by atoms with Crippen molar-refractivity contribution in [2.24, 2.45) is 10.2 Å². The number of aromatic hydroxyl groups is 1. The Bertz CT molecular complexity index is 1750. The molecule has 0 radical (unpaired) electrons. The first-order valence-electron chi connectivity index (χ1n) is 9.29. The van der Waals surface area contributed by atoms with E-state index in [1.165, 1.54) is 24.3 Å². The molecule has 0 heterocycles. The molecule has 0 aliphatic carbocycles. The molecule has 34 heavy (non-hydrogen) atoms. The highest BCUT2D eigenvalue weighted by Crippen LogP contribution is 2.40. The average molecular weight is 502 g/mol. The van der Waals surface area contributed by atoms with Crippen LogP contribution in [-0.4, -0.2) is 42.1 Å². The molecule has 4 N–H and O–H groups in total. The van der Waals surface area contributed by atoms with Crippen molar-refractivity contribution >= 4 is 59.1 Å². The Morgan fingerprint density at radius 3 is 2.09 bits per heavy atom. The maximum atomic E-state index is 11.9. The lowest BCUT2D eigenvalue weighted by Crippen LogP contribution is -2.09. The summed E-state index contributed by atoms with van der Waals surface area (Å²) in [6.07, 6.45) is 0. The van der Waals surface area contributed by atoms with Crippen LogP contribution in [0.1, 0.15) is 10.4 Å². The van der Waals surface area contributed by atoms with Crippen LogP contribution in [0.25, 0.3) is 21.5 Å². The molecule has 0 aliphatic rings. The number of benzene rings is 4. The summed E-state index contributed by atoms with van der Waals surface area (Å²) >= 11 is 0. The number of carboxylic acids is 1. The molecule has 0 atom stereocenters. The van der Waals surface area contributed by atoms with Gasteiger partial charge in [-0.25, -0.2) is 4.79 Å². The second-order valence-corrected chi connectivity index (χ2v) is 9.84. The molecule has 0 saturated heterocycles. The van der Waals surface area contributed by atoms with Gasteiger partial charge in [-0.05, 0) is 35.0 Å². The number of rotatable bonds is 5. The van der Waals surface area contributed by atoms with Crippen molar-refractivity contribution in [1.29, 1.82) is 0 Å². The third kappa shape index (κ3) is 4.20. The van der Waals surface area contributed by atoms with E-state index < -0.39 is 47.3 Å². The van der Waals surface area contributed by atoms with Crippen LogP contribution in [0.15, 0.2) is 80.7 Å². The van der Waals surface area contributed by atoms with E-state index in [1.807, 2.05) is 0 Å². The predicted molar refractivity (Wildman–Crippen MR) is 120 cm³/mol. The summed E-state index contributed by atoms with van der Waals surface area (Å²) in [6.45, 7) is 0. The molecule has 4 rings (SSSR count). The minimum Gasteiger partial charge on any atom is -0.505 e. The van der Waals surface area contributed by atoms with Gasteiger partial charge in [-0.15, -0.1) is 5.11 Å². The topological polar surface area (TPSA) is 191 Å². The molecule has 11 nitrogen and oxygen atoms in total. The Morgan fingerprint density at radius 1 is 0.765 bits per heavy atom. The minimum atomic E-state index is -5.09. The standard InChI is InChI=1S/C21H14N2O9S2/c24-19-16(21(25)26)9-12-3-1-2-4-14(12)18(19)23-22-13-7-5-11-6-8-17(33(27,28)29)20(15(11)10-13)34(30,31)32/h1-10,24H,(H,25,26)(H,27,28,29)(H,30,31,32). The minimum absolute atomic E-state index is 0.0194. The van der Waals surface area contributed by atoms with Gasteiger partial charge in [0.25, 0.3) is 20.2 Å². The molecule has 0 amide bonds. The number of fused-ring (bicyclic) bond motifs is 2. The van der Waals surface area contributed by atoms with Crippen molar-refractivity contribution in [3.63, 3.8) is 0 Å². The van der Waals surface area contributed by atoms with Crippen molar-refractivity contribution in [2.75, 3.05) is 0 Å². The fourth-order valence-corrected chi connectivity index (χ4v) is 5.47.